The molecular weight excluding hydrogens is 398 g/mol. The Hall–Kier alpha value is -1.87. The second-order valence-corrected chi connectivity index (χ2v) is 10.9. The maximum atomic E-state index is 13.4. The first-order valence-corrected chi connectivity index (χ1v) is 12.4. The zero-order chi connectivity index (χ0) is 22.8. The number of unbranched alkanes of at least 4 members (excludes halogenated alkanes) is 3. The minimum Gasteiger partial charge on any atom is -0.466 e. The van der Waals surface area contributed by atoms with E-state index in [1.165, 1.54) is 0 Å². The number of ether oxygens (including phenoxy) is 1. The average Bonchev–Trinajstić information content (AvgIpc) is 2.70. The molecule has 0 heterocycles. The number of rotatable bonds is 13. The molecule has 0 fully saturated rings. The average molecular weight is 436 g/mol. The normalized spacial score (nSPS) is 14.0. The molecule has 0 aliphatic rings. The molecule has 168 valence electrons. The highest BCUT2D eigenvalue weighted by Gasteiger charge is 2.50. The smallest absolute Gasteiger partial charge is 0.333 e. The maximum Gasteiger partial charge on any atom is 0.333 e. The molecule has 0 radical (unpaired) electrons. The molecular formula is C24H37NO4S. The summed E-state index contributed by atoms with van der Waals surface area (Å²) in [5.41, 5.74) is 0.434. The lowest BCUT2D eigenvalue weighted by atomic mass is 9.86. The van der Waals surface area contributed by atoms with Crippen molar-refractivity contribution in [2.75, 3.05) is 6.61 Å². The van der Waals surface area contributed by atoms with Crippen LogP contribution < -0.4 is 0 Å². The van der Waals surface area contributed by atoms with Gasteiger partial charge in [-0.1, -0.05) is 43.9 Å². The van der Waals surface area contributed by atoms with Gasteiger partial charge in [0.2, 0.25) is 0 Å². The number of benzene rings is 1. The Morgan fingerprint density at radius 3 is 2.10 bits per heavy atom. The molecule has 0 saturated heterocycles. The molecule has 1 rings (SSSR count). The van der Waals surface area contributed by atoms with E-state index in [-0.39, 0.29) is 10.9 Å². The van der Waals surface area contributed by atoms with E-state index >= 15 is 0 Å². The highest BCUT2D eigenvalue weighted by Crippen LogP contribution is 2.37. The van der Waals surface area contributed by atoms with Crippen LogP contribution in [0, 0.1) is 18.9 Å². The third kappa shape index (κ3) is 6.57. The van der Waals surface area contributed by atoms with Gasteiger partial charge in [-0.3, -0.25) is 9.64 Å². The van der Waals surface area contributed by atoms with Crippen molar-refractivity contribution in [2.45, 2.75) is 95.8 Å². The predicted octanol–water partition coefficient (Wildman–Crippen LogP) is 6.11. The van der Waals surface area contributed by atoms with Gasteiger partial charge < -0.3 is 4.74 Å². The fraction of sp³-hybridized carbons (Fsp3) is 0.667. The van der Waals surface area contributed by atoms with Crippen molar-refractivity contribution in [2.24, 2.45) is 5.41 Å². The number of aryl methyl sites for hydroxylation is 1. The third-order valence-electron chi connectivity index (χ3n) is 5.65. The summed E-state index contributed by atoms with van der Waals surface area (Å²) in [7, 11) is -3.77. The van der Waals surface area contributed by atoms with Gasteiger partial charge in [0.25, 0.3) is 9.84 Å². The van der Waals surface area contributed by atoms with Crippen molar-refractivity contribution < 1.29 is 17.9 Å². The second-order valence-electron chi connectivity index (χ2n) is 8.64. The topological polar surface area (TPSA) is 64.8 Å². The zero-order valence-corrected chi connectivity index (χ0v) is 20.0. The SMILES string of the molecule is [C-]#[N+]C(CCCC)(CCCCCC(C)(C)C(=O)OCC)S(=O)(=O)c1ccc(C)cc1. The van der Waals surface area contributed by atoms with E-state index in [9.17, 15) is 13.2 Å². The molecule has 0 spiro atoms. The Morgan fingerprint density at radius 2 is 1.57 bits per heavy atom. The number of sulfone groups is 1. The van der Waals surface area contributed by atoms with Gasteiger partial charge in [-0.25, -0.2) is 15.0 Å². The van der Waals surface area contributed by atoms with Crippen LogP contribution in [0.1, 0.15) is 84.6 Å². The third-order valence-corrected chi connectivity index (χ3v) is 8.05. The molecule has 5 nitrogen and oxygen atoms in total. The minimum absolute atomic E-state index is 0.203. The van der Waals surface area contributed by atoms with Crippen molar-refractivity contribution >= 4 is 15.8 Å². The van der Waals surface area contributed by atoms with Crippen LogP contribution in [0.4, 0.5) is 0 Å². The summed E-state index contributed by atoms with van der Waals surface area (Å²) in [4.78, 5) is 14.5. The Kier molecular flexibility index (Phi) is 10.0. The van der Waals surface area contributed by atoms with Gasteiger partial charge in [0, 0.05) is 12.8 Å². The van der Waals surface area contributed by atoms with E-state index in [0.29, 0.717) is 38.7 Å². The molecule has 0 N–H and O–H groups in total. The fourth-order valence-electron chi connectivity index (χ4n) is 3.53. The van der Waals surface area contributed by atoms with E-state index in [1.54, 1.807) is 31.2 Å². The monoisotopic (exact) mass is 435 g/mol. The van der Waals surface area contributed by atoms with Crippen LogP contribution >= 0.6 is 0 Å². The van der Waals surface area contributed by atoms with Gasteiger partial charge in [0.05, 0.1) is 16.9 Å². The summed E-state index contributed by atoms with van der Waals surface area (Å²) >= 11 is 0. The molecule has 0 bridgehead atoms. The minimum atomic E-state index is -3.77. The summed E-state index contributed by atoms with van der Waals surface area (Å²) in [6.07, 6.45) is 5.07. The van der Waals surface area contributed by atoms with Crippen LogP contribution in [0.3, 0.4) is 0 Å². The maximum absolute atomic E-state index is 13.4. The van der Waals surface area contributed by atoms with Gasteiger partial charge in [-0.15, -0.1) is 0 Å². The summed E-state index contributed by atoms with van der Waals surface area (Å²) in [5.74, 6) is -0.203. The molecule has 0 aliphatic carbocycles. The summed E-state index contributed by atoms with van der Waals surface area (Å²) in [6, 6.07) is 6.77. The van der Waals surface area contributed by atoms with Gasteiger partial charge >= 0.3 is 10.8 Å². The predicted molar refractivity (Wildman–Crippen MR) is 121 cm³/mol. The largest absolute Gasteiger partial charge is 0.466 e. The van der Waals surface area contributed by atoms with Crippen molar-refractivity contribution in [1.29, 1.82) is 0 Å². The van der Waals surface area contributed by atoms with Gasteiger partial charge in [-0.2, -0.15) is 0 Å². The summed E-state index contributed by atoms with van der Waals surface area (Å²) in [5, 5.41) is 0. The molecule has 0 saturated carbocycles. The Morgan fingerprint density at radius 1 is 1.00 bits per heavy atom. The van der Waals surface area contributed by atoms with Crippen LogP contribution in [-0.2, 0) is 19.4 Å². The molecule has 0 amide bonds. The van der Waals surface area contributed by atoms with Gasteiger partial charge in [0.15, 0.2) is 0 Å². The molecule has 0 aliphatic heterocycles. The summed E-state index contributed by atoms with van der Waals surface area (Å²) < 4.78 is 31.9. The number of hydrogen-bond acceptors (Lipinski definition) is 4. The van der Waals surface area contributed by atoms with Crippen molar-refractivity contribution in [3.05, 3.63) is 41.2 Å². The lowest BCUT2D eigenvalue weighted by Crippen LogP contribution is -2.35. The van der Waals surface area contributed by atoms with Crippen molar-refractivity contribution in [3.63, 3.8) is 0 Å². The molecule has 30 heavy (non-hydrogen) atoms. The standard InChI is InChI=1S/C24H37NO4S/c1-7-9-18-24(25-6,30(27,28)21-15-13-20(3)14-16-21)19-12-10-11-17-23(4,5)22(26)29-8-2/h13-16H,7-12,17-19H2,1-5H3. The molecule has 1 aromatic rings. The quantitative estimate of drug-likeness (QED) is 0.213. The number of nitrogens with zero attached hydrogens (tertiary/aromatic N) is 1. The number of carbonyl (C=O) groups excluding carboxylic acids is 1. The van der Waals surface area contributed by atoms with Gasteiger partial charge in [0.1, 0.15) is 0 Å². The van der Waals surface area contributed by atoms with Crippen LogP contribution in [0.25, 0.3) is 4.85 Å². The van der Waals surface area contributed by atoms with Gasteiger partial charge in [-0.05, 0) is 59.1 Å². The highest BCUT2D eigenvalue weighted by molar-refractivity contribution is 7.93. The first-order chi connectivity index (χ1) is 14.1. The number of carbonyl (C=O) groups is 1. The van der Waals surface area contributed by atoms with E-state index in [4.69, 9.17) is 11.3 Å². The molecule has 1 atom stereocenters. The van der Waals surface area contributed by atoms with Crippen LogP contribution in [0.15, 0.2) is 29.2 Å². The van der Waals surface area contributed by atoms with E-state index in [0.717, 1.165) is 24.8 Å². The Balaban J connectivity index is 2.88. The first kappa shape index (κ1) is 26.2. The number of esters is 1. The van der Waals surface area contributed by atoms with Crippen LogP contribution in [0.2, 0.25) is 0 Å². The number of hydrogen-bond donors (Lipinski definition) is 0. The Bertz CT molecular complexity index is 822. The van der Waals surface area contributed by atoms with Crippen molar-refractivity contribution in [3.8, 4) is 0 Å². The molecule has 0 aromatic heterocycles. The lowest BCUT2D eigenvalue weighted by molar-refractivity contribution is -0.153. The molecule has 1 unspecified atom stereocenters. The summed E-state index contributed by atoms with van der Waals surface area (Å²) in [6.45, 7) is 17.6. The highest BCUT2D eigenvalue weighted by atomic mass is 32.2. The lowest BCUT2D eigenvalue weighted by Gasteiger charge is -2.24. The van der Waals surface area contributed by atoms with E-state index < -0.39 is 20.1 Å². The van der Waals surface area contributed by atoms with E-state index in [2.05, 4.69) is 4.85 Å². The zero-order valence-electron chi connectivity index (χ0n) is 19.2. The van der Waals surface area contributed by atoms with Crippen molar-refractivity contribution in [1.82, 2.24) is 0 Å². The Labute approximate surface area is 183 Å². The molecule has 1 aromatic carbocycles. The first-order valence-electron chi connectivity index (χ1n) is 10.9. The van der Waals surface area contributed by atoms with Crippen LogP contribution in [-0.4, -0.2) is 25.9 Å². The fourth-order valence-corrected chi connectivity index (χ4v) is 5.41. The van der Waals surface area contributed by atoms with E-state index in [1.807, 2.05) is 27.7 Å². The second kappa shape index (κ2) is 11.5. The van der Waals surface area contributed by atoms with Crippen LogP contribution in [0.5, 0.6) is 0 Å². The molecule has 6 heteroatoms.